The second-order valence-corrected chi connectivity index (χ2v) is 19.4. The second-order valence-electron chi connectivity index (χ2n) is 17.5. The smallest absolute Gasteiger partial charge is 0.293 e. The van der Waals surface area contributed by atoms with Crippen LogP contribution in [0, 0.1) is 32.8 Å². The lowest BCUT2D eigenvalue weighted by atomic mass is 9.85. The van der Waals surface area contributed by atoms with E-state index in [0.29, 0.717) is 33.9 Å². The average molecular weight is 910 g/mol. The lowest BCUT2D eigenvalue weighted by Gasteiger charge is -2.35. The SMILES string of the molecule is [C-]#[N+]c1ccc(Oc2ccc(/C=C3\SC(=O)N(Cc4ccccc4CC(=O)N[C@H](C(=O)N4C[C@H](O)CC4C(=O)NCc4ccc(-c5sccc5C)cc4)C(C)(C)C)C3=O)cc2C)c(C)c1. The van der Waals surface area contributed by atoms with E-state index >= 15 is 0 Å². The number of rotatable bonds is 13. The molecule has 5 aromatic rings. The molecule has 3 N–H and O–H groups in total. The Morgan fingerprint density at radius 1 is 0.923 bits per heavy atom. The summed E-state index contributed by atoms with van der Waals surface area (Å²) in [5, 5.41) is 18.2. The number of imide groups is 1. The van der Waals surface area contributed by atoms with E-state index in [1.807, 2.05) is 65.0 Å². The number of hydrogen-bond acceptors (Lipinski definition) is 9. The molecule has 14 heteroatoms. The van der Waals surface area contributed by atoms with E-state index in [2.05, 4.69) is 33.8 Å². The number of amides is 5. The van der Waals surface area contributed by atoms with Gasteiger partial charge in [0.1, 0.15) is 23.6 Å². The summed E-state index contributed by atoms with van der Waals surface area (Å²) in [5.41, 5.74) is 6.47. The Bertz CT molecular complexity index is 2730. The molecule has 1 aromatic heterocycles. The minimum Gasteiger partial charge on any atom is -0.457 e. The summed E-state index contributed by atoms with van der Waals surface area (Å²) in [6.07, 6.45) is 0.680. The zero-order chi connectivity index (χ0) is 46.6. The van der Waals surface area contributed by atoms with Gasteiger partial charge in [-0.1, -0.05) is 81.4 Å². The van der Waals surface area contributed by atoms with Gasteiger partial charge in [-0.25, -0.2) is 4.85 Å². The third-order valence-corrected chi connectivity index (χ3v) is 13.5. The maximum Gasteiger partial charge on any atom is 0.293 e. The number of likely N-dealkylation sites (tertiary alicyclic amines) is 1. The van der Waals surface area contributed by atoms with Gasteiger partial charge in [0, 0.05) is 24.4 Å². The van der Waals surface area contributed by atoms with Crippen LogP contribution in [0.2, 0.25) is 0 Å². The van der Waals surface area contributed by atoms with Crippen molar-refractivity contribution in [1.82, 2.24) is 20.4 Å². The van der Waals surface area contributed by atoms with Gasteiger partial charge in [0.2, 0.25) is 17.7 Å². The van der Waals surface area contributed by atoms with Crippen molar-refractivity contribution in [2.45, 2.75) is 85.7 Å². The highest BCUT2D eigenvalue weighted by atomic mass is 32.2. The normalized spacial score (nSPS) is 17.3. The van der Waals surface area contributed by atoms with Crippen LogP contribution in [0.25, 0.3) is 21.4 Å². The van der Waals surface area contributed by atoms with Crippen LogP contribution in [0.5, 0.6) is 11.5 Å². The van der Waals surface area contributed by atoms with Gasteiger partial charge in [-0.05, 0) is 124 Å². The maximum absolute atomic E-state index is 14.3. The largest absolute Gasteiger partial charge is 0.457 e. The monoisotopic (exact) mass is 909 g/mol. The van der Waals surface area contributed by atoms with Gasteiger partial charge in [0.25, 0.3) is 11.1 Å². The number of carbonyl (C=O) groups excluding carboxylic acids is 5. The zero-order valence-electron chi connectivity index (χ0n) is 37.1. The first-order valence-electron chi connectivity index (χ1n) is 21.3. The second kappa shape index (κ2) is 19.7. The van der Waals surface area contributed by atoms with Crippen molar-refractivity contribution >= 4 is 63.7 Å². The van der Waals surface area contributed by atoms with Gasteiger partial charge in [0.15, 0.2) is 5.69 Å². The first-order valence-corrected chi connectivity index (χ1v) is 23.0. The van der Waals surface area contributed by atoms with Crippen molar-refractivity contribution in [2.24, 2.45) is 5.41 Å². The van der Waals surface area contributed by atoms with E-state index in [1.165, 1.54) is 15.3 Å². The summed E-state index contributed by atoms with van der Waals surface area (Å²) in [4.78, 5) is 76.1. The molecule has 334 valence electrons. The third kappa shape index (κ3) is 10.9. The standard InChI is InChI=1S/C51H51N5O7S2/c1-30-20-21-64-45(30)35-15-12-33(13-16-35)27-53-47(59)40-26-39(57)29-55(40)49(61)46(51(4,5)6)54-44(58)25-36-10-8-9-11-37(36)28-56-48(60)43(65-50(56)62)24-34-14-18-41(31(2)22-34)63-42-19-17-38(52-7)23-32(42)3/h8-24,39-40,46,57H,25-29H2,1-6H3,(H,53,59)(H,54,58)/b43-24-/t39-,40?,46-/m1/s1. The predicted octanol–water partition coefficient (Wildman–Crippen LogP) is 9.27. The maximum atomic E-state index is 14.3. The molecule has 7 rings (SSSR count). The van der Waals surface area contributed by atoms with E-state index < -0.39 is 52.5 Å². The Morgan fingerprint density at radius 3 is 2.26 bits per heavy atom. The van der Waals surface area contributed by atoms with Crippen molar-refractivity contribution in [2.75, 3.05) is 6.54 Å². The molecule has 4 aromatic carbocycles. The molecule has 65 heavy (non-hydrogen) atoms. The van der Waals surface area contributed by atoms with Crippen LogP contribution in [0.3, 0.4) is 0 Å². The van der Waals surface area contributed by atoms with Crippen LogP contribution in [0.1, 0.15) is 66.1 Å². The van der Waals surface area contributed by atoms with E-state index in [4.69, 9.17) is 11.3 Å². The number of aliphatic hydroxyl groups excluding tert-OH is 1. The summed E-state index contributed by atoms with van der Waals surface area (Å²) >= 11 is 2.51. The molecule has 3 heterocycles. The number of thiophene rings is 1. The molecule has 5 amide bonds. The van der Waals surface area contributed by atoms with Crippen LogP contribution in [-0.2, 0) is 38.7 Å². The van der Waals surface area contributed by atoms with Crippen molar-refractivity contribution < 1.29 is 33.8 Å². The number of hydrogen-bond donors (Lipinski definition) is 3. The summed E-state index contributed by atoms with van der Waals surface area (Å²) in [7, 11) is 0. The lowest BCUT2D eigenvalue weighted by molar-refractivity contribution is -0.144. The summed E-state index contributed by atoms with van der Waals surface area (Å²) in [5.74, 6) is -0.535. The summed E-state index contributed by atoms with van der Waals surface area (Å²) < 4.78 is 6.12. The number of carbonyl (C=O) groups is 5. The summed E-state index contributed by atoms with van der Waals surface area (Å²) in [6.45, 7) is 18.7. The highest BCUT2D eigenvalue weighted by Crippen LogP contribution is 2.36. The average Bonchev–Trinajstić information content (AvgIpc) is 3.96. The van der Waals surface area contributed by atoms with E-state index in [1.54, 1.807) is 72.0 Å². The Balaban J connectivity index is 0.981. The number of thioether (sulfide) groups is 1. The number of nitrogens with zero attached hydrogens (tertiary/aromatic N) is 3. The topological polar surface area (TPSA) is 150 Å². The van der Waals surface area contributed by atoms with Crippen LogP contribution in [0.4, 0.5) is 10.5 Å². The van der Waals surface area contributed by atoms with Gasteiger partial charge in [-0.15, -0.1) is 11.3 Å². The molecular weight excluding hydrogens is 859 g/mol. The molecule has 2 fully saturated rings. The fraction of sp³-hybridized carbons (Fsp3) is 0.294. The fourth-order valence-electron chi connectivity index (χ4n) is 7.91. The van der Waals surface area contributed by atoms with Crippen LogP contribution in [0.15, 0.2) is 101 Å². The first kappa shape index (κ1) is 46.5. The van der Waals surface area contributed by atoms with Crippen LogP contribution >= 0.6 is 23.1 Å². The van der Waals surface area contributed by atoms with Crippen molar-refractivity contribution in [3.63, 3.8) is 0 Å². The molecule has 0 radical (unpaired) electrons. The fourth-order valence-corrected chi connectivity index (χ4v) is 9.68. The van der Waals surface area contributed by atoms with Crippen LogP contribution < -0.4 is 15.4 Å². The summed E-state index contributed by atoms with van der Waals surface area (Å²) in [6, 6.07) is 25.8. The minimum atomic E-state index is -1.03. The Morgan fingerprint density at radius 2 is 1.62 bits per heavy atom. The van der Waals surface area contributed by atoms with Crippen molar-refractivity contribution in [3.05, 3.63) is 152 Å². The minimum absolute atomic E-state index is 0.0525. The molecule has 2 aliphatic rings. The van der Waals surface area contributed by atoms with Gasteiger partial charge < -0.3 is 25.4 Å². The number of aliphatic hydroxyl groups is 1. The van der Waals surface area contributed by atoms with Gasteiger partial charge in [-0.2, -0.15) is 0 Å². The zero-order valence-corrected chi connectivity index (χ0v) is 38.8. The van der Waals surface area contributed by atoms with Gasteiger partial charge in [0.05, 0.1) is 30.5 Å². The van der Waals surface area contributed by atoms with Crippen LogP contribution in [-0.4, -0.2) is 68.5 Å². The molecule has 0 aliphatic carbocycles. The molecule has 12 nitrogen and oxygen atoms in total. The van der Waals surface area contributed by atoms with E-state index in [-0.39, 0.29) is 37.4 Å². The highest BCUT2D eigenvalue weighted by Gasteiger charge is 2.44. The quantitative estimate of drug-likeness (QED) is 0.0782. The third-order valence-electron chi connectivity index (χ3n) is 11.5. The lowest BCUT2D eigenvalue weighted by Crippen LogP contribution is -2.58. The number of benzene rings is 4. The Labute approximate surface area is 387 Å². The molecule has 2 saturated heterocycles. The number of ether oxygens (including phenoxy) is 1. The predicted molar refractivity (Wildman–Crippen MR) is 254 cm³/mol. The molecule has 0 spiro atoms. The van der Waals surface area contributed by atoms with Crippen molar-refractivity contribution in [1.29, 1.82) is 0 Å². The molecule has 3 atom stereocenters. The van der Waals surface area contributed by atoms with Gasteiger partial charge in [-0.3, -0.25) is 28.9 Å². The highest BCUT2D eigenvalue weighted by molar-refractivity contribution is 8.18. The Kier molecular flexibility index (Phi) is 14.1. The van der Waals surface area contributed by atoms with E-state index in [9.17, 15) is 29.1 Å². The first-order chi connectivity index (χ1) is 31.0. The molecule has 2 aliphatic heterocycles. The number of aryl methyl sites for hydroxylation is 3. The number of β-amino-alcohol motifs (C(OH)–C–C–N with tert-alkyl or cyclic N) is 1. The van der Waals surface area contributed by atoms with E-state index in [0.717, 1.165) is 38.9 Å². The van der Waals surface area contributed by atoms with Gasteiger partial charge >= 0.3 is 0 Å². The molecule has 0 saturated carbocycles. The Hall–Kier alpha value is -6.53. The molecule has 1 unspecified atom stereocenters. The van der Waals surface area contributed by atoms with Crippen molar-refractivity contribution in [3.8, 4) is 21.9 Å². The molecular formula is C51H51N5O7S2. The number of nitrogens with one attached hydrogen (secondary N) is 2. The molecule has 0 bridgehead atoms.